The van der Waals surface area contributed by atoms with Crippen LogP contribution in [0.15, 0.2) is 54.6 Å². The molecule has 27 heavy (non-hydrogen) atoms. The third-order valence-corrected chi connectivity index (χ3v) is 4.86. The van der Waals surface area contributed by atoms with Gasteiger partial charge in [-0.1, -0.05) is 48.9 Å². The molecule has 3 N–H and O–H groups in total. The van der Waals surface area contributed by atoms with Crippen molar-refractivity contribution in [2.24, 2.45) is 0 Å². The fraction of sp³-hybridized carbons (Fsp3) is 0.381. The second-order valence-electron chi connectivity index (χ2n) is 6.83. The quantitative estimate of drug-likeness (QED) is 0.712. The fourth-order valence-corrected chi connectivity index (χ4v) is 3.43. The van der Waals surface area contributed by atoms with Crippen molar-refractivity contribution in [2.75, 3.05) is 18.8 Å². The van der Waals surface area contributed by atoms with Gasteiger partial charge in [0.25, 0.3) is 0 Å². The van der Waals surface area contributed by atoms with E-state index in [4.69, 9.17) is 5.73 Å². The Balaban J connectivity index is 0.00000182. The molecule has 0 saturated carbocycles. The van der Waals surface area contributed by atoms with Crippen molar-refractivity contribution in [2.45, 2.75) is 38.3 Å². The molecule has 1 heterocycles. The van der Waals surface area contributed by atoms with E-state index >= 15 is 0 Å². The molecule has 3 rings (SSSR count). The number of hydrogen-bond acceptors (Lipinski definition) is 3. The lowest BCUT2D eigenvalue weighted by Gasteiger charge is -2.36. The highest BCUT2D eigenvalue weighted by Gasteiger charge is 2.22. The number of nitrogen functional groups attached to an aromatic ring is 1. The number of likely N-dealkylation sites (tertiary alicyclic amines) is 1. The van der Waals surface area contributed by atoms with Crippen molar-refractivity contribution in [3.8, 4) is 0 Å². The number of rotatable bonds is 6. The minimum absolute atomic E-state index is 0. The van der Waals surface area contributed by atoms with Gasteiger partial charge in [-0.15, -0.1) is 24.8 Å². The Morgan fingerprint density at radius 3 is 2.41 bits per heavy atom. The molecule has 2 aromatic carbocycles. The first kappa shape index (κ1) is 23.3. The van der Waals surface area contributed by atoms with Crippen molar-refractivity contribution >= 4 is 36.4 Å². The second kappa shape index (κ2) is 11.9. The van der Waals surface area contributed by atoms with Gasteiger partial charge in [0.1, 0.15) is 0 Å². The molecule has 0 bridgehead atoms. The van der Waals surface area contributed by atoms with E-state index in [9.17, 15) is 4.79 Å². The molecule has 1 unspecified atom stereocenters. The van der Waals surface area contributed by atoms with Crippen LogP contribution in [0.3, 0.4) is 0 Å². The van der Waals surface area contributed by atoms with Crippen LogP contribution in [0, 0.1) is 0 Å². The molecule has 0 aliphatic carbocycles. The molecule has 1 fully saturated rings. The Morgan fingerprint density at radius 1 is 1.00 bits per heavy atom. The van der Waals surface area contributed by atoms with Crippen LogP contribution >= 0.6 is 24.8 Å². The highest BCUT2D eigenvalue weighted by Crippen LogP contribution is 2.19. The number of anilines is 1. The summed E-state index contributed by atoms with van der Waals surface area (Å²) in [6.07, 6.45) is 4.03. The van der Waals surface area contributed by atoms with Crippen LogP contribution in [0.2, 0.25) is 0 Å². The summed E-state index contributed by atoms with van der Waals surface area (Å²) in [6, 6.07) is 18.5. The number of nitrogens with zero attached hydrogens (tertiary/aromatic N) is 1. The number of nitrogens with two attached hydrogens (primary N) is 1. The Morgan fingerprint density at radius 2 is 1.70 bits per heavy atom. The van der Waals surface area contributed by atoms with Gasteiger partial charge in [-0.3, -0.25) is 9.69 Å². The predicted molar refractivity (Wildman–Crippen MR) is 117 cm³/mol. The number of piperidine rings is 1. The zero-order valence-electron chi connectivity index (χ0n) is 15.5. The first-order valence-corrected chi connectivity index (χ1v) is 9.10. The van der Waals surface area contributed by atoms with Gasteiger partial charge in [-0.05, 0) is 42.6 Å². The van der Waals surface area contributed by atoms with Crippen molar-refractivity contribution in [1.29, 1.82) is 0 Å². The van der Waals surface area contributed by atoms with E-state index in [0.717, 1.165) is 37.3 Å². The van der Waals surface area contributed by atoms with Gasteiger partial charge in [0.05, 0.1) is 6.42 Å². The number of hydrogen-bond donors (Lipinski definition) is 2. The Labute approximate surface area is 174 Å². The van der Waals surface area contributed by atoms with E-state index in [1.54, 1.807) is 0 Å². The van der Waals surface area contributed by atoms with Crippen LogP contribution < -0.4 is 11.1 Å². The van der Waals surface area contributed by atoms with Gasteiger partial charge in [0.2, 0.25) is 5.91 Å². The minimum atomic E-state index is 0. The number of amides is 1. The van der Waals surface area contributed by atoms with E-state index < -0.39 is 0 Å². The summed E-state index contributed by atoms with van der Waals surface area (Å²) in [7, 11) is 0. The van der Waals surface area contributed by atoms with Gasteiger partial charge < -0.3 is 11.1 Å². The van der Waals surface area contributed by atoms with Crippen molar-refractivity contribution in [3.63, 3.8) is 0 Å². The van der Waals surface area contributed by atoms with Crippen LogP contribution in [0.1, 0.15) is 30.4 Å². The maximum atomic E-state index is 12.2. The molecule has 1 saturated heterocycles. The third-order valence-electron chi connectivity index (χ3n) is 4.86. The van der Waals surface area contributed by atoms with Crippen LogP contribution in [0.5, 0.6) is 0 Å². The topological polar surface area (TPSA) is 58.4 Å². The molecule has 148 valence electrons. The van der Waals surface area contributed by atoms with E-state index in [-0.39, 0.29) is 30.7 Å². The molecule has 0 radical (unpaired) electrons. The van der Waals surface area contributed by atoms with E-state index in [2.05, 4.69) is 40.5 Å². The third kappa shape index (κ3) is 7.41. The highest BCUT2D eigenvalue weighted by atomic mass is 35.5. The SMILES string of the molecule is Cl.Cl.Nc1ccc(CC(=O)NCC2CCCCN2Cc2ccccc2)cc1. The summed E-state index contributed by atoms with van der Waals surface area (Å²) >= 11 is 0. The lowest BCUT2D eigenvalue weighted by atomic mass is 10.0. The molecular weight excluding hydrogens is 381 g/mol. The van der Waals surface area contributed by atoms with Crippen LogP contribution in [0.25, 0.3) is 0 Å². The van der Waals surface area contributed by atoms with E-state index in [0.29, 0.717) is 12.5 Å². The number of nitrogens with one attached hydrogen (secondary N) is 1. The monoisotopic (exact) mass is 409 g/mol. The van der Waals surface area contributed by atoms with Crippen molar-refractivity contribution < 1.29 is 4.79 Å². The summed E-state index contributed by atoms with van der Waals surface area (Å²) in [5.41, 5.74) is 8.74. The fourth-order valence-electron chi connectivity index (χ4n) is 3.43. The normalized spacial score (nSPS) is 16.7. The van der Waals surface area contributed by atoms with E-state index in [1.807, 2.05) is 24.3 Å². The van der Waals surface area contributed by atoms with Crippen LogP contribution in [-0.4, -0.2) is 29.9 Å². The molecule has 0 spiro atoms. The Kier molecular flexibility index (Phi) is 10.2. The average Bonchev–Trinajstić information content (AvgIpc) is 2.64. The summed E-state index contributed by atoms with van der Waals surface area (Å²) in [6.45, 7) is 2.79. The number of carbonyl (C=O) groups excluding carboxylic acids is 1. The van der Waals surface area contributed by atoms with Gasteiger partial charge in [0.15, 0.2) is 0 Å². The highest BCUT2D eigenvalue weighted by molar-refractivity contribution is 5.85. The molecule has 0 aromatic heterocycles. The lowest BCUT2D eigenvalue weighted by Crippen LogP contribution is -2.46. The summed E-state index contributed by atoms with van der Waals surface area (Å²) in [5.74, 6) is 0.0787. The molecular formula is C21H29Cl2N3O. The summed E-state index contributed by atoms with van der Waals surface area (Å²) in [4.78, 5) is 14.7. The van der Waals surface area contributed by atoms with Gasteiger partial charge >= 0.3 is 0 Å². The zero-order valence-corrected chi connectivity index (χ0v) is 17.1. The number of benzene rings is 2. The molecule has 4 nitrogen and oxygen atoms in total. The summed E-state index contributed by atoms with van der Waals surface area (Å²) in [5, 5.41) is 3.12. The lowest BCUT2D eigenvalue weighted by molar-refractivity contribution is -0.120. The zero-order chi connectivity index (χ0) is 17.5. The van der Waals surface area contributed by atoms with Gasteiger partial charge in [-0.25, -0.2) is 0 Å². The summed E-state index contributed by atoms with van der Waals surface area (Å²) < 4.78 is 0. The standard InChI is InChI=1S/C21H27N3O.2ClH/c22-19-11-9-17(10-12-19)14-21(25)23-15-20-8-4-5-13-24(20)16-18-6-2-1-3-7-18;;/h1-3,6-7,9-12,20H,4-5,8,13-16,22H2,(H,23,25);2*1H. The molecule has 6 heteroatoms. The second-order valence-corrected chi connectivity index (χ2v) is 6.83. The number of halogens is 2. The van der Waals surface area contributed by atoms with E-state index in [1.165, 1.54) is 18.4 Å². The maximum absolute atomic E-state index is 12.2. The van der Waals surface area contributed by atoms with Gasteiger partial charge in [0, 0.05) is 24.8 Å². The van der Waals surface area contributed by atoms with Crippen LogP contribution in [-0.2, 0) is 17.8 Å². The largest absolute Gasteiger partial charge is 0.399 e. The predicted octanol–water partition coefficient (Wildman–Crippen LogP) is 3.83. The van der Waals surface area contributed by atoms with Crippen molar-refractivity contribution in [1.82, 2.24) is 10.2 Å². The first-order valence-electron chi connectivity index (χ1n) is 9.10. The smallest absolute Gasteiger partial charge is 0.224 e. The number of carbonyl (C=O) groups is 1. The van der Waals surface area contributed by atoms with Crippen molar-refractivity contribution in [3.05, 3.63) is 65.7 Å². The molecule has 2 aromatic rings. The molecule has 1 aliphatic heterocycles. The Bertz CT molecular complexity index is 680. The molecule has 1 aliphatic rings. The molecule has 1 amide bonds. The maximum Gasteiger partial charge on any atom is 0.224 e. The Hall–Kier alpha value is -1.75. The average molecular weight is 410 g/mol. The first-order chi connectivity index (χ1) is 12.2. The molecule has 1 atom stereocenters. The minimum Gasteiger partial charge on any atom is -0.399 e. The van der Waals surface area contributed by atoms with Gasteiger partial charge in [-0.2, -0.15) is 0 Å². The van der Waals surface area contributed by atoms with Crippen LogP contribution in [0.4, 0.5) is 5.69 Å².